The monoisotopic (exact) mass is 363 g/mol. The Morgan fingerprint density at radius 2 is 1.84 bits per heavy atom. The van der Waals surface area contributed by atoms with Crippen LogP contribution in [0.5, 0.6) is 0 Å². The molecule has 1 aromatic carbocycles. The topological polar surface area (TPSA) is 99.2 Å². The van der Waals surface area contributed by atoms with E-state index in [0.717, 1.165) is 11.3 Å². The number of nitrogens with zero attached hydrogens (tertiary/aromatic N) is 2. The van der Waals surface area contributed by atoms with Gasteiger partial charge in [0, 0.05) is 24.4 Å². The highest BCUT2D eigenvalue weighted by Crippen LogP contribution is 2.31. The maximum absolute atomic E-state index is 11.7. The molecule has 134 valence electrons. The lowest BCUT2D eigenvalue weighted by molar-refractivity contribution is -0.111. The van der Waals surface area contributed by atoms with E-state index in [0.29, 0.717) is 35.1 Å². The fourth-order valence-electron chi connectivity index (χ4n) is 2.64. The minimum absolute atomic E-state index is 0.0248. The van der Waals surface area contributed by atoms with E-state index in [1.165, 1.54) is 6.08 Å². The second-order valence-corrected chi connectivity index (χ2v) is 6.17. The van der Waals surface area contributed by atoms with Crippen molar-refractivity contribution in [1.82, 2.24) is 0 Å². The van der Waals surface area contributed by atoms with Crippen molar-refractivity contribution in [2.45, 2.75) is 13.8 Å². The maximum atomic E-state index is 11.7. The number of aliphatic hydroxyl groups is 2. The number of ketones is 1. The van der Waals surface area contributed by atoms with Gasteiger partial charge in [-0.25, -0.2) is 4.99 Å². The molecule has 0 radical (unpaired) electrons. The molecule has 0 heterocycles. The fourth-order valence-corrected chi connectivity index (χ4v) is 2.85. The molecule has 4 N–H and O–H groups in total. The van der Waals surface area contributed by atoms with Crippen LogP contribution in [0, 0.1) is 0 Å². The van der Waals surface area contributed by atoms with Crippen LogP contribution in [-0.4, -0.2) is 48.0 Å². The molecule has 2 rings (SSSR count). The fraction of sp³-hybridized carbons (Fsp3) is 0.333. The molecule has 25 heavy (non-hydrogen) atoms. The van der Waals surface area contributed by atoms with E-state index in [9.17, 15) is 4.79 Å². The highest BCUT2D eigenvalue weighted by molar-refractivity contribution is 6.34. The quantitative estimate of drug-likeness (QED) is 0.671. The number of aliphatic imine (C=N–C) groups is 1. The first-order chi connectivity index (χ1) is 11.9. The highest BCUT2D eigenvalue weighted by atomic mass is 35.5. The van der Waals surface area contributed by atoms with Gasteiger partial charge < -0.3 is 20.8 Å². The van der Waals surface area contributed by atoms with Gasteiger partial charge in [-0.3, -0.25) is 4.79 Å². The first-order valence-corrected chi connectivity index (χ1v) is 8.31. The van der Waals surface area contributed by atoms with Gasteiger partial charge in [0.15, 0.2) is 0 Å². The Morgan fingerprint density at radius 3 is 2.40 bits per heavy atom. The number of nitrogens with two attached hydrogens (primary N) is 1. The summed E-state index contributed by atoms with van der Waals surface area (Å²) in [5.41, 5.74) is 9.35. The van der Waals surface area contributed by atoms with E-state index >= 15 is 0 Å². The van der Waals surface area contributed by atoms with Crippen LogP contribution in [0.1, 0.15) is 13.8 Å². The lowest BCUT2D eigenvalue weighted by Gasteiger charge is -2.23. The van der Waals surface area contributed by atoms with Gasteiger partial charge in [-0.05, 0) is 43.7 Å². The molecule has 1 aliphatic carbocycles. The summed E-state index contributed by atoms with van der Waals surface area (Å²) >= 11 is 6.36. The summed E-state index contributed by atoms with van der Waals surface area (Å²) in [5.74, 6) is -0.209. The predicted molar refractivity (Wildman–Crippen MR) is 101 cm³/mol. The van der Waals surface area contributed by atoms with Crippen molar-refractivity contribution in [3.8, 4) is 0 Å². The van der Waals surface area contributed by atoms with Crippen LogP contribution >= 0.6 is 11.6 Å². The van der Waals surface area contributed by atoms with E-state index < -0.39 is 0 Å². The summed E-state index contributed by atoms with van der Waals surface area (Å²) < 4.78 is 0. The summed E-state index contributed by atoms with van der Waals surface area (Å²) in [5, 5.41) is 18.7. The van der Waals surface area contributed by atoms with Crippen molar-refractivity contribution < 1.29 is 15.0 Å². The largest absolute Gasteiger partial charge is 0.395 e. The van der Waals surface area contributed by atoms with Gasteiger partial charge >= 0.3 is 0 Å². The molecule has 0 aliphatic heterocycles. The normalized spacial score (nSPS) is 16.4. The number of anilines is 1. The van der Waals surface area contributed by atoms with E-state index in [-0.39, 0.29) is 24.7 Å². The van der Waals surface area contributed by atoms with Gasteiger partial charge in [-0.1, -0.05) is 11.6 Å². The van der Waals surface area contributed by atoms with Gasteiger partial charge in [0.25, 0.3) is 0 Å². The molecule has 0 saturated carbocycles. The second kappa shape index (κ2) is 8.29. The van der Waals surface area contributed by atoms with Crippen LogP contribution in [0.4, 0.5) is 11.4 Å². The molecule has 0 amide bonds. The number of carbonyl (C=O) groups excluding carboxylic acids is 1. The van der Waals surface area contributed by atoms with Crippen molar-refractivity contribution in [3.63, 3.8) is 0 Å². The van der Waals surface area contributed by atoms with Crippen molar-refractivity contribution in [1.29, 1.82) is 0 Å². The molecule has 0 atom stereocenters. The third kappa shape index (κ3) is 4.28. The average molecular weight is 364 g/mol. The minimum Gasteiger partial charge on any atom is -0.395 e. The molecule has 6 nitrogen and oxygen atoms in total. The van der Waals surface area contributed by atoms with Crippen LogP contribution < -0.4 is 10.6 Å². The standard InChI is InChI=1S/C18H22ClN3O3/c1-11-9-16(25)17(20)12(2)18(11)21-15-4-3-13(10-14(15)19)22(5-7-23)6-8-24/h3-4,9-10,23-24H,5-8,20H2,1-2H3. The zero-order valence-electron chi connectivity index (χ0n) is 14.3. The number of hydrogen-bond acceptors (Lipinski definition) is 6. The number of benzene rings is 1. The summed E-state index contributed by atoms with van der Waals surface area (Å²) in [6, 6.07) is 5.33. The Morgan fingerprint density at radius 1 is 1.20 bits per heavy atom. The maximum Gasteiger partial charge on any atom is 0.202 e. The van der Waals surface area contributed by atoms with E-state index in [4.69, 9.17) is 27.5 Å². The number of aliphatic hydroxyl groups excluding tert-OH is 2. The summed E-state index contributed by atoms with van der Waals surface area (Å²) in [6.07, 6.45) is 1.47. The third-order valence-corrected chi connectivity index (χ3v) is 4.32. The molecule has 0 aromatic heterocycles. The SMILES string of the molecule is CC1=CC(=O)C(N)=C(C)C1=Nc1ccc(N(CCO)CCO)cc1Cl. The van der Waals surface area contributed by atoms with Crippen LogP contribution in [0.3, 0.4) is 0 Å². The zero-order chi connectivity index (χ0) is 18.6. The van der Waals surface area contributed by atoms with E-state index in [1.54, 1.807) is 26.0 Å². The first-order valence-electron chi connectivity index (χ1n) is 7.93. The molecular formula is C18H22ClN3O3. The van der Waals surface area contributed by atoms with E-state index in [2.05, 4.69) is 4.99 Å². The number of rotatable bonds is 6. The van der Waals surface area contributed by atoms with Gasteiger partial charge in [-0.15, -0.1) is 0 Å². The molecule has 7 heteroatoms. The lowest BCUT2D eigenvalue weighted by Crippen LogP contribution is -2.29. The molecule has 0 fully saturated rings. The van der Waals surface area contributed by atoms with Crippen LogP contribution in [-0.2, 0) is 4.79 Å². The number of hydrogen-bond donors (Lipinski definition) is 3. The average Bonchev–Trinajstić information content (AvgIpc) is 2.57. The van der Waals surface area contributed by atoms with Crippen molar-refractivity contribution >= 4 is 34.5 Å². The van der Waals surface area contributed by atoms with Crippen molar-refractivity contribution in [2.24, 2.45) is 10.7 Å². The van der Waals surface area contributed by atoms with Gasteiger partial charge in [0.1, 0.15) is 0 Å². The second-order valence-electron chi connectivity index (χ2n) is 5.76. The number of allylic oxidation sites excluding steroid dienone is 3. The molecule has 0 saturated heterocycles. The Balaban J connectivity index is 2.38. The third-order valence-electron chi connectivity index (χ3n) is 4.01. The summed E-state index contributed by atoms with van der Waals surface area (Å²) in [6.45, 7) is 4.31. The molecular weight excluding hydrogens is 342 g/mol. The van der Waals surface area contributed by atoms with Gasteiger partial charge in [-0.2, -0.15) is 0 Å². The molecule has 1 aliphatic rings. The van der Waals surface area contributed by atoms with E-state index in [1.807, 2.05) is 11.0 Å². The Labute approximate surface area is 151 Å². The molecule has 0 spiro atoms. The predicted octanol–water partition coefficient (Wildman–Crippen LogP) is 1.97. The van der Waals surface area contributed by atoms with Gasteiger partial charge in [0.05, 0.1) is 35.3 Å². The Kier molecular flexibility index (Phi) is 6.36. The van der Waals surface area contributed by atoms with Crippen LogP contribution in [0.15, 0.2) is 46.1 Å². The minimum atomic E-state index is -0.209. The summed E-state index contributed by atoms with van der Waals surface area (Å²) in [7, 11) is 0. The number of halogens is 1. The number of carbonyl (C=O) groups is 1. The Hall–Kier alpha value is -2.15. The molecule has 1 aromatic rings. The smallest absolute Gasteiger partial charge is 0.202 e. The van der Waals surface area contributed by atoms with Crippen molar-refractivity contribution in [3.05, 3.63) is 46.1 Å². The van der Waals surface area contributed by atoms with Crippen LogP contribution in [0.25, 0.3) is 0 Å². The first kappa shape index (κ1) is 19.2. The Bertz CT molecular complexity index is 763. The lowest BCUT2D eigenvalue weighted by atomic mass is 9.94. The van der Waals surface area contributed by atoms with Crippen LogP contribution in [0.2, 0.25) is 5.02 Å². The zero-order valence-corrected chi connectivity index (χ0v) is 15.0. The summed E-state index contributed by atoms with van der Waals surface area (Å²) in [4.78, 5) is 18.1. The highest BCUT2D eigenvalue weighted by Gasteiger charge is 2.20. The molecule has 0 unspecified atom stereocenters. The van der Waals surface area contributed by atoms with Crippen molar-refractivity contribution in [2.75, 3.05) is 31.2 Å². The molecule has 0 bridgehead atoms. The van der Waals surface area contributed by atoms with Gasteiger partial charge in [0.2, 0.25) is 5.78 Å².